The quantitative estimate of drug-likeness (QED) is 0.599. The average Bonchev–Trinajstić information content (AvgIpc) is 2.66. The van der Waals surface area contributed by atoms with Gasteiger partial charge in [0, 0.05) is 34.7 Å². The van der Waals surface area contributed by atoms with Gasteiger partial charge in [-0.05, 0) is 32.9 Å². The first-order valence-electron chi connectivity index (χ1n) is 6.11. The number of amides is 1. The summed E-state index contributed by atoms with van der Waals surface area (Å²) in [5, 5.41) is 2.74. The highest BCUT2D eigenvalue weighted by Crippen LogP contribution is 2.22. The van der Waals surface area contributed by atoms with Crippen molar-refractivity contribution in [2.45, 2.75) is 33.1 Å². The first kappa shape index (κ1) is 18.1. The van der Waals surface area contributed by atoms with Gasteiger partial charge in [-0.2, -0.15) is 0 Å². The molecule has 4 nitrogen and oxygen atoms in total. The molecule has 108 valence electrons. The Hall–Kier alpha value is -0.910. The highest BCUT2D eigenvalue weighted by atomic mass is 35.5. The van der Waals surface area contributed by atoms with Crippen LogP contribution >= 0.6 is 23.7 Å². The van der Waals surface area contributed by atoms with E-state index in [-0.39, 0.29) is 36.9 Å². The molecule has 0 aliphatic rings. The highest BCUT2D eigenvalue weighted by molar-refractivity contribution is 7.12. The summed E-state index contributed by atoms with van der Waals surface area (Å²) in [6.07, 6.45) is 1.28. The van der Waals surface area contributed by atoms with E-state index in [0.29, 0.717) is 13.1 Å². The fourth-order valence-corrected chi connectivity index (χ4v) is 2.63. The van der Waals surface area contributed by atoms with E-state index >= 15 is 0 Å². The third-order valence-electron chi connectivity index (χ3n) is 2.62. The number of carbonyl (C=O) groups is 2. The molecule has 6 heteroatoms. The van der Waals surface area contributed by atoms with Crippen molar-refractivity contribution in [3.63, 3.8) is 0 Å². The lowest BCUT2D eigenvalue weighted by Gasteiger charge is -2.03. The van der Waals surface area contributed by atoms with E-state index in [1.54, 1.807) is 11.3 Å². The first-order chi connectivity index (χ1) is 8.54. The Morgan fingerprint density at radius 3 is 2.53 bits per heavy atom. The molecule has 1 heterocycles. The van der Waals surface area contributed by atoms with Crippen LogP contribution in [0.2, 0.25) is 0 Å². The van der Waals surface area contributed by atoms with Crippen molar-refractivity contribution < 1.29 is 9.59 Å². The van der Waals surface area contributed by atoms with E-state index in [9.17, 15) is 9.59 Å². The average molecular weight is 305 g/mol. The molecule has 0 fully saturated rings. The zero-order valence-electron chi connectivity index (χ0n) is 11.3. The van der Waals surface area contributed by atoms with Crippen molar-refractivity contribution in [1.29, 1.82) is 0 Å². The van der Waals surface area contributed by atoms with Crippen LogP contribution < -0.4 is 11.1 Å². The fourth-order valence-electron chi connectivity index (χ4n) is 1.69. The van der Waals surface area contributed by atoms with Crippen molar-refractivity contribution in [1.82, 2.24) is 5.32 Å². The summed E-state index contributed by atoms with van der Waals surface area (Å²) in [6, 6.07) is 1.90. The van der Waals surface area contributed by atoms with Gasteiger partial charge in [0.25, 0.3) is 0 Å². The van der Waals surface area contributed by atoms with Crippen LogP contribution in [0.15, 0.2) is 6.07 Å². The van der Waals surface area contributed by atoms with E-state index in [1.807, 2.05) is 19.9 Å². The van der Waals surface area contributed by atoms with Gasteiger partial charge in [0.05, 0.1) is 0 Å². The lowest BCUT2D eigenvalue weighted by molar-refractivity contribution is -0.121. The summed E-state index contributed by atoms with van der Waals surface area (Å²) in [6.45, 7) is 5.06. The minimum Gasteiger partial charge on any atom is -0.356 e. The van der Waals surface area contributed by atoms with Crippen LogP contribution in [0, 0.1) is 13.8 Å². The van der Waals surface area contributed by atoms with E-state index in [2.05, 4.69) is 5.32 Å². The van der Waals surface area contributed by atoms with Gasteiger partial charge in [0.2, 0.25) is 5.91 Å². The van der Waals surface area contributed by atoms with Crippen LogP contribution in [0.3, 0.4) is 0 Å². The SMILES string of the molecule is Cc1cc(C(=O)CCC(=O)NCCCN)c(C)s1.Cl. The molecule has 0 spiro atoms. The number of carbonyl (C=O) groups excluding carboxylic acids is 2. The highest BCUT2D eigenvalue weighted by Gasteiger charge is 2.13. The van der Waals surface area contributed by atoms with Gasteiger partial charge in [-0.15, -0.1) is 23.7 Å². The summed E-state index contributed by atoms with van der Waals surface area (Å²) in [5.41, 5.74) is 6.08. The fraction of sp³-hybridized carbons (Fsp3) is 0.538. The Morgan fingerprint density at radius 1 is 1.32 bits per heavy atom. The van der Waals surface area contributed by atoms with Crippen LogP contribution in [0.4, 0.5) is 0 Å². The molecule has 3 N–H and O–H groups in total. The molecule has 0 atom stereocenters. The molecule has 19 heavy (non-hydrogen) atoms. The second-order valence-electron chi connectivity index (χ2n) is 4.24. The lowest BCUT2D eigenvalue weighted by Crippen LogP contribution is -2.26. The summed E-state index contributed by atoms with van der Waals surface area (Å²) < 4.78 is 0. The first-order valence-corrected chi connectivity index (χ1v) is 6.93. The van der Waals surface area contributed by atoms with Gasteiger partial charge in [-0.1, -0.05) is 0 Å². The minimum absolute atomic E-state index is 0. The number of rotatable bonds is 7. The van der Waals surface area contributed by atoms with Crippen LogP contribution in [-0.2, 0) is 4.79 Å². The molecule has 0 aromatic carbocycles. The summed E-state index contributed by atoms with van der Waals surface area (Å²) >= 11 is 1.61. The molecule has 0 aliphatic carbocycles. The maximum Gasteiger partial charge on any atom is 0.220 e. The number of hydrogen-bond acceptors (Lipinski definition) is 4. The summed E-state index contributed by atoms with van der Waals surface area (Å²) in [7, 11) is 0. The normalized spacial score (nSPS) is 9.84. The molecular weight excluding hydrogens is 284 g/mol. The smallest absolute Gasteiger partial charge is 0.220 e. The number of Topliss-reactive ketones (excluding diaryl/α,β-unsaturated/α-hetero) is 1. The van der Waals surface area contributed by atoms with Gasteiger partial charge in [0.1, 0.15) is 0 Å². The van der Waals surface area contributed by atoms with Crippen molar-refractivity contribution in [2.75, 3.05) is 13.1 Å². The number of ketones is 1. The Bertz CT molecular complexity index is 432. The van der Waals surface area contributed by atoms with E-state index in [4.69, 9.17) is 5.73 Å². The topological polar surface area (TPSA) is 72.2 Å². The van der Waals surface area contributed by atoms with Gasteiger partial charge < -0.3 is 11.1 Å². The van der Waals surface area contributed by atoms with Gasteiger partial charge in [-0.3, -0.25) is 9.59 Å². The third-order valence-corrected chi connectivity index (χ3v) is 3.59. The molecule has 0 aliphatic heterocycles. The Labute approximate surface area is 124 Å². The molecule has 1 amide bonds. The van der Waals surface area contributed by atoms with E-state index in [0.717, 1.165) is 21.7 Å². The number of nitrogens with two attached hydrogens (primary N) is 1. The Kier molecular flexibility index (Phi) is 8.63. The number of halogens is 1. The molecule has 1 rings (SSSR count). The lowest BCUT2D eigenvalue weighted by atomic mass is 10.1. The van der Waals surface area contributed by atoms with Crippen molar-refractivity contribution in [2.24, 2.45) is 5.73 Å². The molecular formula is C13H21ClN2O2S. The zero-order chi connectivity index (χ0) is 13.5. The Balaban J connectivity index is 0.00000324. The van der Waals surface area contributed by atoms with Crippen LogP contribution in [0.1, 0.15) is 39.4 Å². The minimum atomic E-state index is -0.0820. The van der Waals surface area contributed by atoms with Crippen LogP contribution in [0.25, 0.3) is 0 Å². The third kappa shape index (κ3) is 6.18. The monoisotopic (exact) mass is 304 g/mol. The second-order valence-corrected chi connectivity index (χ2v) is 5.70. The standard InChI is InChI=1S/C13H20N2O2S.ClH/c1-9-8-11(10(2)18-9)12(16)4-5-13(17)15-7-3-6-14;/h8H,3-7,14H2,1-2H3,(H,15,17);1H. The Morgan fingerprint density at radius 2 is 2.00 bits per heavy atom. The van der Waals surface area contributed by atoms with Crippen LogP contribution in [0.5, 0.6) is 0 Å². The zero-order valence-corrected chi connectivity index (χ0v) is 13.0. The molecule has 0 radical (unpaired) electrons. The summed E-state index contributed by atoms with van der Waals surface area (Å²) in [5.74, 6) is -0.0350. The molecule has 1 aromatic heterocycles. The van der Waals surface area contributed by atoms with Gasteiger partial charge in [-0.25, -0.2) is 0 Å². The molecule has 0 saturated carbocycles. The maximum absolute atomic E-state index is 11.9. The number of thiophene rings is 1. The summed E-state index contributed by atoms with van der Waals surface area (Å²) in [4.78, 5) is 25.5. The van der Waals surface area contributed by atoms with Crippen molar-refractivity contribution in [3.8, 4) is 0 Å². The number of aryl methyl sites for hydroxylation is 2. The largest absolute Gasteiger partial charge is 0.356 e. The van der Waals surface area contributed by atoms with E-state index < -0.39 is 0 Å². The van der Waals surface area contributed by atoms with Gasteiger partial charge in [0.15, 0.2) is 5.78 Å². The molecule has 0 unspecified atom stereocenters. The molecule has 0 bridgehead atoms. The number of nitrogens with one attached hydrogen (secondary N) is 1. The predicted molar refractivity (Wildman–Crippen MR) is 81.3 cm³/mol. The van der Waals surface area contributed by atoms with E-state index in [1.165, 1.54) is 0 Å². The maximum atomic E-state index is 11.9. The van der Waals surface area contributed by atoms with Crippen molar-refractivity contribution in [3.05, 3.63) is 21.4 Å². The van der Waals surface area contributed by atoms with Gasteiger partial charge >= 0.3 is 0 Å². The number of hydrogen-bond donors (Lipinski definition) is 2. The van der Waals surface area contributed by atoms with Crippen LogP contribution in [-0.4, -0.2) is 24.8 Å². The van der Waals surface area contributed by atoms with Crippen molar-refractivity contribution >= 4 is 35.4 Å². The second kappa shape index (κ2) is 9.07. The molecule has 0 saturated heterocycles. The predicted octanol–water partition coefficient (Wildman–Crippen LogP) is 2.21. The molecule has 1 aromatic rings.